The van der Waals surface area contributed by atoms with E-state index in [-0.39, 0.29) is 29.8 Å². The Hall–Kier alpha value is -2.91. The molecule has 0 unspecified atom stereocenters. The lowest BCUT2D eigenvalue weighted by molar-refractivity contribution is -0.116. The van der Waals surface area contributed by atoms with Gasteiger partial charge in [0.05, 0.1) is 24.6 Å². The third kappa shape index (κ3) is 5.04. The Morgan fingerprint density at radius 3 is 2.55 bits per heavy atom. The quantitative estimate of drug-likeness (QED) is 0.667. The number of para-hydroxylation sites is 1. The van der Waals surface area contributed by atoms with E-state index >= 15 is 0 Å². The number of benzene rings is 2. The molecular weight excluding hydrogens is 442 g/mol. The van der Waals surface area contributed by atoms with Crippen molar-refractivity contribution in [2.24, 2.45) is 0 Å². The molecule has 0 aromatic heterocycles. The molecule has 0 aliphatic carbocycles. The van der Waals surface area contributed by atoms with Crippen LogP contribution in [0.25, 0.3) is 0 Å². The molecule has 8 nitrogen and oxygen atoms in total. The topological polar surface area (TPSA) is 96.0 Å². The number of nitrogens with one attached hydrogen (secondary N) is 1. The number of ether oxygens (including phenoxy) is 1. The second-order valence-electron chi connectivity index (χ2n) is 8.34. The molecule has 176 valence electrons. The third-order valence-corrected chi connectivity index (χ3v) is 7.90. The normalized spacial score (nSPS) is 19.3. The first-order valence-corrected chi connectivity index (χ1v) is 12.8. The van der Waals surface area contributed by atoms with Gasteiger partial charge in [-0.15, -0.1) is 0 Å². The van der Waals surface area contributed by atoms with Gasteiger partial charge in [-0.1, -0.05) is 30.7 Å². The minimum Gasteiger partial charge on any atom is -0.496 e. The number of carbonyl (C=O) groups excluding carboxylic acids is 2. The Bertz CT molecular complexity index is 1130. The maximum Gasteiger partial charge on any atom is 0.251 e. The van der Waals surface area contributed by atoms with E-state index < -0.39 is 15.9 Å². The van der Waals surface area contributed by atoms with Crippen LogP contribution in [0.5, 0.6) is 5.75 Å². The summed E-state index contributed by atoms with van der Waals surface area (Å²) in [6.07, 6.45) is 3.38. The van der Waals surface area contributed by atoms with Gasteiger partial charge in [-0.2, -0.15) is 0 Å². The molecule has 0 radical (unpaired) electrons. The molecule has 1 N–H and O–H groups in total. The maximum atomic E-state index is 13.0. The first kappa shape index (κ1) is 23.3. The number of nitrogens with zero attached hydrogens (tertiary/aromatic N) is 2. The molecule has 9 heteroatoms. The minimum atomic E-state index is -3.68. The molecule has 2 saturated heterocycles. The van der Waals surface area contributed by atoms with Crippen LogP contribution in [0, 0.1) is 0 Å². The van der Waals surface area contributed by atoms with Gasteiger partial charge in [-0.25, -0.2) is 12.7 Å². The van der Waals surface area contributed by atoms with Crippen LogP contribution in [0.2, 0.25) is 0 Å². The Labute approximate surface area is 194 Å². The Kier molecular flexibility index (Phi) is 6.99. The first-order valence-electron chi connectivity index (χ1n) is 11.2. The number of carbonyl (C=O) groups is 2. The van der Waals surface area contributed by atoms with Crippen LogP contribution in [0.4, 0.5) is 5.69 Å². The van der Waals surface area contributed by atoms with Crippen molar-refractivity contribution in [2.45, 2.75) is 31.7 Å². The van der Waals surface area contributed by atoms with Crippen molar-refractivity contribution < 1.29 is 22.7 Å². The fraction of sp³-hybridized carbons (Fsp3) is 0.417. The lowest BCUT2D eigenvalue weighted by atomic mass is 10.0. The molecule has 2 aliphatic rings. The van der Waals surface area contributed by atoms with Crippen LogP contribution >= 0.6 is 0 Å². The van der Waals surface area contributed by atoms with Gasteiger partial charge in [-0.3, -0.25) is 14.5 Å². The maximum absolute atomic E-state index is 13.0. The minimum absolute atomic E-state index is 0.0464. The zero-order valence-electron chi connectivity index (χ0n) is 18.7. The zero-order chi connectivity index (χ0) is 23.4. The molecule has 0 bridgehead atoms. The summed E-state index contributed by atoms with van der Waals surface area (Å²) in [5, 5.41) is 3.01. The van der Waals surface area contributed by atoms with E-state index in [9.17, 15) is 18.0 Å². The lowest BCUT2D eigenvalue weighted by Crippen LogP contribution is -2.40. The van der Waals surface area contributed by atoms with Gasteiger partial charge in [0, 0.05) is 24.1 Å². The molecule has 2 aromatic rings. The van der Waals surface area contributed by atoms with Gasteiger partial charge in [0.25, 0.3) is 5.91 Å². The number of anilines is 1. The van der Waals surface area contributed by atoms with Crippen molar-refractivity contribution in [2.75, 3.05) is 36.8 Å². The fourth-order valence-corrected chi connectivity index (χ4v) is 5.99. The van der Waals surface area contributed by atoms with Gasteiger partial charge in [-0.05, 0) is 50.2 Å². The molecule has 0 spiro atoms. The average Bonchev–Trinajstić information content (AvgIpc) is 3.12. The summed E-state index contributed by atoms with van der Waals surface area (Å²) < 4.78 is 30.9. The molecule has 2 fully saturated rings. The molecule has 1 atom stereocenters. The summed E-state index contributed by atoms with van der Waals surface area (Å²) in [4.78, 5) is 27.5. The fourth-order valence-electron chi connectivity index (χ4n) is 4.54. The van der Waals surface area contributed by atoms with Crippen molar-refractivity contribution in [3.05, 3.63) is 59.7 Å². The van der Waals surface area contributed by atoms with Gasteiger partial charge in [0.1, 0.15) is 5.75 Å². The van der Waals surface area contributed by atoms with Gasteiger partial charge in [0.2, 0.25) is 15.9 Å². The molecule has 0 saturated carbocycles. The monoisotopic (exact) mass is 471 g/mol. The van der Waals surface area contributed by atoms with E-state index in [0.717, 1.165) is 41.5 Å². The van der Waals surface area contributed by atoms with Crippen molar-refractivity contribution in [1.29, 1.82) is 0 Å². The number of methoxy groups -OCH3 is 1. The van der Waals surface area contributed by atoms with Crippen LogP contribution in [0.1, 0.15) is 47.6 Å². The third-order valence-electron chi connectivity index (χ3n) is 6.21. The second kappa shape index (κ2) is 9.93. The van der Waals surface area contributed by atoms with Crippen molar-refractivity contribution in [1.82, 2.24) is 10.2 Å². The molecule has 2 aromatic carbocycles. The number of rotatable bonds is 7. The summed E-state index contributed by atoms with van der Waals surface area (Å²) in [5.74, 6) is -0.229. The number of sulfonamides is 1. The summed E-state index contributed by atoms with van der Waals surface area (Å²) in [6, 6.07) is 14.0. The first-order chi connectivity index (χ1) is 15.9. The van der Waals surface area contributed by atoms with E-state index in [2.05, 4.69) is 10.2 Å². The number of likely N-dealkylation sites (tertiary alicyclic amines) is 1. The highest BCUT2D eigenvalue weighted by molar-refractivity contribution is 7.94. The summed E-state index contributed by atoms with van der Waals surface area (Å²) >= 11 is 0. The Morgan fingerprint density at radius 1 is 1.09 bits per heavy atom. The summed E-state index contributed by atoms with van der Waals surface area (Å²) in [7, 11) is -2.04. The van der Waals surface area contributed by atoms with E-state index in [1.165, 1.54) is 18.6 Å². The highest BCUT2D eigenvalue weighted by Crippen LogP contribution is 2.31. The van der Waals surface area contributed by atoms with E-state index in [4.69, 9.17) is 4.74 Å². The molecule has 2 heterocycles. The molecule has 2 aliphatic heterocycles. The van der Waals surface area contributed by atoms with Crippen molar-refractivity contribution in [3.63, 3.8) is 0 Å². The smallest absolute Gasteiger partial charge is 0.251 e. The van der Waals surface area contributed by atoms with E-state index in [1.807, 2.05) is 24.3 Å². The highest BCUT2D eigenvalue weighted by atomic mass is 32.2. The molecule has 2 amide bonds. The van der Waals surface area contributed by atoms with Crippen LogP contribution in [0.3, 0.4) is 0 Å². The van der Waals surface area contributed by atoms with Crippen molar-refractivity contribution in [3.8, 4) is 5.75 Å². The van der Waals surface area contributed by atoms with Crippen LogP contribution in [0.15, 0.2) is 48.5 Å². The number of amides is 2. The van der Waals surface area contributed by atoms with Crippen LogP contribution in [-0.2, 0) is 14.8 Å². The van der Waals surface area contributed by atoms with E-state index in [0.29, 0.717) is 12.1 Å². The zero-order valence-corrected chi connectivity index (χ0v) is 19.5. The highest BCUT2D eigenvalue weighted by Gasteiger charge is 2.36. The second-order valence-corrected chi connectivity index (χ2v) is 10.3. The average molecular weight is 472 g/mol. The lowest BCUT2D eigenvalue weighted by Gasteiger charge is -2.35. The van der Waals surface area contributed by atoms with Gasteiger partial charge in [0.15, 0.2) is 0 Å². The number of hydrogen-bond donors (Lipinski definition) is 1. The summed E-state index contributed by atoms with van der Waals surface area (Å²) in [6.45, 7) is 2.27. The standard InChI is InChI=1S/C24H29N3O5S/c1-32-22-11-4-3-10-20(22)21(26-13-5-2-6-14-26)17-25-24(29)18-8-7-9-19(16-18)27-23(28)12-15-33(27,30)31/h3-4,7-11,16,21H,2,5-6,12-15,17H2,1H3,(H,25,29)/t21-/m1/s1. The number of hydrogen-bond acceptors (Lipinski definition) is 6. The Morgan fingerprint density at radius 2 is 1.85 bits per heavy atom. The van der Waals surface area contributed by atoms with Crippen LogP contribution < -0.4 is 14.4 Å². The van der Waals surface area contributed by atoms with Gasteiger partial charge < -0.3 is 10.1 Å². The largest absolute Gasteiger partial charge is 0.496 e. The van der Waals surface area contributed by atoms with E-state index in [1.54, 1.807) is 19.2 Å². The van der Waals surface area contributed by atoms with Crippen molar-refractivity contribution >= 4 is 27.5 Å². The van der Waals surface area contributed by atoms with Crippen LogP contribution in [-0.4, -0.2) is 57.6 Å². The predicted octanol–water partition coefficient (Wildman–Crippen LogP) is 2.72. The SMILES string of the molecule is COc1ccccc1[C@@H](CNC(=O)c1cccc(N2C(=O)CCS2(=O)=O)c1)N1CCCCC1. The van der Waals surface area contributed by atoms with Gasteiger partial charge >= 0.3 is 0 Å². The summed E-state index contributed by atoms with van der Waals surface area (Å²) in [5.41, 5.74) is 1.52. The number of piperidine rings is 1. The molecular formula is C24H29N3O5S. The Balaban J connectivity index is 1.54. The molecule has 4 rings (SSSR count). The molecule has 33 heavy (non-hydrogen) atoms. The predicted molar refractivity (Wildman–Crippen MR) is 126 cm³/mol.